The molecule has 106 valence electrons. The Morgan fingerprint density at radius 2 is 1.90 bits per heavy atom. The Kier molecular flexibility index (Phi) is 3.69. The summed E-state index contributed by atoms with van der Waals surface area (Å²) in [6.45, 7) is 2.57. The van der Waals surface area contributed by atoms with Gasteiger partial charge in [0.05, 0.1) is 6.67 Å². The third-order valence-corrected chi connectivity index (χ3v) is 3.96. The van der Waals surface area contributed by atoms with Crippen LogP contribution in [0.15, 0.2) is 35.4 Å². The molecule has 1 aliphatic rings. The summed E-state index contributed by atoms with van der Waals surface area (Å²) in [6, 6.07) is 8.67. The van der Waals surface area contributed by atoms with Crippen molar-refractivity contribution in [3.8, 4) is 0 Å². The van der Waals surface area contributed by atoms with Crippen LogP contribution in [0.1, 0.15) is 17.5 Å². The monoisotopic (exact) mass is 272 g/mol. The lowest BCUT2D eigenvalue weighted by Gasteiger charge is -2.25. The van der Waals surface area contributed by atoms with E-state index in [0.29, 0.717) is 6.67 Å². The number of fused-ring (bicyclic) bond motifs is 1. The first-order chi connectivity index (χ1) is 9.74. The summed E-state index contributed by atoms with van der Waals surface area (Å²) in [4.78, 5) is 14.1. The fraction of sp³-hybridized carbons (Fsp3) is 0.467. The maximum atomic E-state index is 11.8. The van der Waals surface area contributed by atoms with Crippen LogP contribution in [-0.4, -0.2) is 32.3 Å². The van der Waals surface area contributed by atoms with Crippen molar-refractivity contribution in [1.29, 1.82) is 0 Å². The van der Waals surface area contributed by atoms with Crippen LogP contribution in [0, 0.1) is 0 Å². The molecule has 20 heavy (non-hydrogen) atoms. The Balaban J connectivity index is 1.71. The van der Waals surface area contributed by atoms with Gasteiger partial charge in [-0.15, -0.1) is 0 Å². The minimum absolute atomic E-state index is 0.0486. The lowest BCUT2D eigenvalue weighted by Crippen LogP contribution is -2.36. The molecule has 5 nitrogen and oxygen atoms in total. The van der Waals surface area contributed by atoms with Crippen molar-refractivity contribution in [3.05, 3.63) is 52.2 Å². The van der Waals surface area contributed by atoms with Crippen molar-refractivity contribution in [3.63, 3.8) is 0 Å². The van der Waals surface area contributed by atoms with Gasteiger partial charge >= 0.3 is 5.69 Å². The fourth-order valence-corrected chi connectivity index (χ4v) is 2.78. The van der Waals surface area contributed by atoms with E-state index in [0.717, 1.165) is 32.4 Å². The lowest BCUT2D eigenvalue weighted by molar-refractivity contribution is 0.200. The second-order valence-electron chi connectivity index (χ2n) is 5.41. The minimum atomic E-state index is -0.0486. The number of benzene rings is 1. The van der Waals surface area contributed by atoms with Gasteiger partial charge in [0.2, 0.25) is 0 Å². The summed E-state index contributed by atoms with van der Waals surface area (Å²) < 4.78 is 3.05. The van der Waals surface area contributed by atoms with E-state index in [2.05, 4.69) is 34.3 Å². The third kappa shape index (κ3) is 2.67. The summed E-state index contributed by atoms with van der Waals surface area (Å²) in [5.74, 6) is 0. The quantitative estimate of drug-likeness (QED) is 0.820. The molecule has 0 fully saturated rings. The molecule has 0 radical (unpaired) electrons. The molecule has 2 heterocycles. The average molecular weight is 272 g/mol. The second-order valence-corrected chi connectivity index (χ2v) is 5.41. The number of aryl methyl sites for hydroxylation is 2. The number of hydrogen-bond donors (Lipinski definition) is 0. The highest BCUT2D eigenvalue weighted by molar-refractivity contribution is 5.27. The fourth-order valence-electron chi connectivity index (χ4n) is 2.78. The molecule has 0 saturated carbocycles. The van der Waals surface area contributed by atoms with Gasteiger partial charge in [-0.1, -0.05) is 24.3 Å². The van der Waals surface area contributed by atoms with Crippen LogP contribution in [0.3, 0.4) is 0 Å². The van der Waals surface area contributed by atoms with Gasteiger partial charge in [-0.3, -0.25) is 9.47 Å². The Hall–Kier alpha value is -1.88. The van der Waals surface area contributed by atoms with Gasteiger partial charge in [-0.25, -0.2) is 4.79 Å². The number of rotatable bonds is 2. The van der Waals surface area contributed by atoms with Crippen molar-refractivity contribution in [2.24, 2.45) is 7.05 Å². The zero-order valence-corrected chi connectivity index (χ0v) is 11.8. The van der Waals surface area contributed by atoms with E-state index in [9.17, 15) is 4.79 Å². The van der Waals surface area contributed by atoms with Gasteiger partial charge in [0.15, 0.2) is 0 Å². The Labute approximate surface area is 118 Å². The van der Waals surface area contributed by atoms with Crippen molar-refractivity contribution in [2.75, 3.05) is 13.1 Å². The highest BCUT2D eigenvalue weighted by Crippen LogP contribution is 2.15. The summed E-state index contributed by atoms with van der Waals surface area (Å²) in [7, 11) is 1.73. The molecule has 3 rings (SSSR count). The maximum Gasteiger partial charge on any atom is 0.346 e. The Morgan fingerprint density at radius 3 is 2.60 bits per heavy atom. The van der Waals surface area contributed by atoms with Crippen LogP contribution in [0.5, 0.6) is 0 Å². The minimum Gasteiger partial charge on any atom is -0.285 e. The number of aromatic nitrogens is 3. The first-order valence-corrected chi connectivity index (χ1v) is 7.11. The van der Waals surface area contributed by atoms with Crippen LogP contribution in [-0.2, 0) is 26.6 Å². The first kappa shape index (κ1) is 13.1. The van der Waals surface area contributed by atoms with Gasteiger partial charge in [0.25, 0.3) is 0 Å². The van der Waals surface area contributed by atoms with Gasteiger partial charge in [-0.05, 0) is 30.4 Å². The zero-order chi connectivity index (χ0) is 13.9. The predicted molar refractivity (Wildman–Crippen MR) is 77.5 cm³/mol. The van der Waals surface area contributed by atoms with Crippen molar-refractivity contribution in [1.82, 2.24) is 19.2 Å². The molecule has 0 spiro atoms. The summed E-state index contributed by atoms with van der Waals surface area (Å²) in [5.41, 5.74) is 2.86. The zero-order valence-electron chi connectivity index (χ0n) is 11.8. The molecule has 2 aromatic rings. The number of hydrogen-bond acceptors (Lipinski definition) is 3. The summed E-state index contributed by atoms with van der Waals surface area (Å²) >= 11 is 0. The maximum absolute atomic E-state index is 11.8. The second kappa shape index (κ2) is 5.63. The molecular formula is C15H20N4O. The number of nitrogens with zero attached hydrogens (tertiary/aromatic N) is 4. The van der Waals surface area contributed by atoms with Gasteiger partial charge in [0, 0.05) is 20.1 Å². The van der Waals surface area contributed by atoms with Crippen LogP contribution in [0.4, 0.5) is 0 Å². The predicted octanol–water partition coefficient (Wildman–Crippen LogP) is 1.03. The SMILES string of the molecule is Cn1cnn(CN2CCCc3ccccc3CC2)c1=O. The molecule has 0 atom stereocenters. The highest BCUT2D eigenvalue weighted by Gasteiger charge is 2.13. The highest BCUT2D eigenvalue weighted by atomic mass is 16.2. The normalized spacial score (nSPS) is 16.4. The lowest BCUT2D eigenvalue weighted by atomic mass is 9.98. The van der Waals surface area contributed by atoms with Gasteiger partial charge in [0.1, 0.15) is 6.33 Å². The van der Waals surface area contributed by atoms with Crippen LogP contribution in [0.25, 0.3) is 0 Å². The van der Waals surface area contributed by atoms with Crippen molar-refractivity contribution in [2.45, 2.75) is 25.9 Å². The van der Waals surface area contributed by atoms with Gasteiger partial charge in [-0.2, -0.15) is 9.78 Å². The molecule has 0 aliphatic carbocycles. The Morgan fingerprint density at radius 1 is 1.15 bits per heavy atom. The molecule has 5 heteroatoms. The van der Waals surface area contributed by atoms with E-state index in [1.807, 2.05) is 0 Å². The molecule has 1 aromatic heterocycles. The third-order valence-electron chi connectivity index (χ3n) is 3.96. The molecule has 0 saturated heterocycles. The van der Waals surface area contributed by atoms with Gasteiger partial charge < -0.3 is 0 Å². The van der Waals surface area contributed by atoms with Crippen molar-refractivity contribution < 1.29 is 0 Å². The topological polar surface area (TPSA) is 43.1 Å². The smallest absolute Gasteiger partial charge is 0.285 e. The van der Waals surface area contributed by atoms with E-state index in [4.69, 9.17) is 0 Å². The molecule has 0 N–H and O–H groups in total. The molecule has 1 aromatic carbocycles. The molecular weight excluding hydrogens is 252 g/mol. The van der Waals surface area contributed by atoms with Crippen LogP contribution >= 0.6 is 0 Å². The van der Waals surface area contributed by atoms with Crippen molar-refractivity contribution >= 4 is 0 Å². The molecule has 0 bridgehead atoms. The summed E-state index contributed by atoms with van der Waals surface area (Å²) in [6.07, 6.45) is 4.85. The molecule has 0 amide bonds. The largest absolute Gasteiger partial charge is 0.346 e. The standard InChI is InChI=1S/C15H20N4O/c1-17-11-16-19(15(17)20)12-18-9-4-7-13-5-2-3-6-14(13)8-10-18/h2-3,5-6,11H,4,7-10,12H2,1H3. The first-order valence-electron chi connectivity index (χ1n) is 7.11. The molecule has 0 unspecified atom stereocenters. The Bertz CT molecular complexity index is 643. The van der Waals surface area contributed by atoms with E-state index < -0.39 is 0 Å². The van der Waals surface area contributed by atoms with E-state index >= 15 is 0 Å². The van der Waals surface area contributed by atoms with E-state index in [-0.39, 0.29) is 5.69 Å². The van der Waals surface area contributed by atoms with E-state index in [1.54, 1.807) is 13.4 Å². The van der Waals surface area contributed by atoms with Crippen LogP contribution in [0.2, 0.25) is 0 Å². The summed E-state index contributed by atoms with van der Waals surface area (Å²) in [5, 5.41) is 4.13. The van der Waals surface area contributed by atoms with E-state index in [1.165, 1.54) is 20.4 Å². The molecule has 1 aliphatic heterocycles. The van der Waals surface area contributed by atoms with Crippen LogP contribution < -0.4 is 5.69 Å². The average Bonchev–Trinajstić information content (AvgIpc) is 2.75.